The summed E-state index contributed by atoms with van der Waals surface area (Å²) in [6, 6.07) is 26.3. The van der Waals surface area contributed by atoms with Crippen molar-refractivity contribution in [3.05, 3.63) is 96.6 Å². The topological polar surface area (TPSA) is 13.1 Å². The van der Waals surface area contributed by atoms with E-state index in [1.54, 1.807) is 0 Å². The second kappa shape index (κ2) is 4.20. The quantitative estimate of drug-likeness (QED) is 0.454. The van der Waals surface area contributed by atoms with Crippen molar-refractivity contribution >= 4 is 11.4 Å². The van der Waals surface area contributed by atoms with Gasteiger partial charge in [0.15, 0.2) is 0 Å². The largest absolute Gasteiger partial charge is 0.323 e. The Hall–Kier alpha value is -3.20. The van der Waals surface area contributed by atoms with Gasteiger partial charge < -0.3 is 14.0 Å². The Morgan fingerprint density at radius 1 is 0.500 bits per heavy atom. The molecule has 0 unspecified atom stereocenters. The van der Waals surface area contributed by atoms with Crippen LogP contribution < -0.4 is 4.90 Å². The lowest BCUT2D eigenvalue weighted by Crippen LogP contribution is -2.36. The first kappa shape index (κ1) is 12.3. The van der Waals surface area contributed by atoms with E-state index in [0.29, 0.717) is 0 Å². The van der Waals surface area contributed by atoms with E-state index in [2.05, 4.69) is 99.2 Å². The van der Waals surface area contributed by atoms with Gasteiger partial charge in [-0.3, -0.25) is 0 Å². The number of benzene rings is 2. The SMILES string of the molecule is c1ccc2c(c1)N1c3ccccc3-n3cccc3C1c1cccn1-2. The summed E-state index contributed by atoms with van der Waals surface area (Å²) in [6.45, 7) is 0. The molecule has 0 saturated heterocycles. The summed E-state index contributed by atoms with van der Waals surface area (Å²) in [4.78, 5) is 2.48. The molecule has 0 saturated carbocycles. The van der Waals surface area contributed by atoms with E-state index in [1.807, 2.05) is 0 Å². The summed E-state index contributed by atoms with van der Waals surface area (Å²) in [5.74, 6) is 0. The second-order valence-corrected chi connectivity index (χ2v) is 6.36. The number of rotatable bonds is 0. The molecule has 0 atom stereocenters. The molecule has 3 nitrogen and oxygen atoms in total. The summed E-state index contributed by atoms with van der Waals surface area (Å²) in [7, 11) is 0. The monoisotopic (exact) mass is 309 g/mol. The van der Waals surface area contributed by atoms with E-state index in [-0.39, 0.29) is 6.04 Å². The number of para-hydroxylation sites is 4. The van der Waals surface area contributed by atoms with Gasteiger partial charge in [-0.25, -0.2) is 0 Å². The third-order valence-electron chi connectivity index (χ3n) is 5.18. The molecule has 24 heavy (non-hydrogen) atoms. The van der Waals surface area contributed by atoms with Crippen LogP contribution in [0.3, 0.4) is 0 Å². The predicted molar refractivity (Wildman–Crippen MR) is 95.5 cm³/mol. The van der Waals surface area contributed by atoms with Crippen molar-refractivity contribution in [1.82, 2.24) is 9.13 Å². The lowest BCUT2D eigenvalue weighted by atomic mass is 9.98. The van der Waals surface area contributed by atoms with E-state index in [1.165, 1.54) is 34.1 Å². The minimum absolute atomic E-state index is 0.194. The van der Waals surface area contributed by atoms with Gasteiger partial charge in [0.2, 0.25) is 0 Å². The summed E-state index contributed by atoms with van der Waals surface area (Å²) < 4.78 is 4.64. The first-order valence-electron chi connectivity index (χ1n) is 8.26. The van der Waals surface area contributed by atoms with Crippen molar-refractivity contribution in [2.24, 2.45) is 0 Å². The molecular weight excluding hydrogens is 294 g/mol. The van der Waals surface area contributed by atoms with Gasteiger partial charge in [0.05, 0.1) is 34.1 Å². The maximum Gasteiger partial charge on any atom is 0.115 e. The van der Waals surface area contributed by atoms with Crippen molar-refractivity contribution < 1.29 is 0 Å². The molecule has 2 aliphatic heterocycles. The standard InChI is InChI=1S/C21H15N3/c1-3-9-17-15(7-1)22-13-5-11-19(22)21-20-12-6-14-23(20)16-8-2-4-10-18(16)24(17)21/h1-14,21H. The van der Waals surface area contributed by atoms with Gasteiger partial charge in [-0.1, -0.05) is 24.3 Å². The maximum absolute atomic E-state index is 2.48. The molecule has 2 aromatic heterocycles. The molecule has 0 N–H and O–H groups in total. The summed E-state index contributed by atoms with van der Waals surface area (Å²) in [5, 5.41) is 0. The zero-order chi connectivity index (χ0) is 15.7. The highest BCUT2D eigenvalue weighted by atomic mass is 15.3. The van der Waals surface area contributed by atoms with Crippen LogP contribution in [-0.4, -0.2) is 9.13 Å². The van der Waals surface area contributed by atoms with Crippen LogP contribution in [0.1, 0.15) is 17.4 Å². The number of hydrogen-bond donors (Lipinski definition) is 0. The van der Waals surface area contributed by atoms with E-state index in [0.717, 1.165) is 0 Å². The van der Waals surface area contributed by atoms with E-state index in [9.17, 15) is 0 Å². The van der Waals surface area contributed by atoms with Gasteiger partial charge in [-0.15, -0.1) is 0 Å². The summed E-state index contributed by atoms with van der Waals surface area (Å²) in [5.41, 5.74) is 7.61. The number of aromatic nitrogens is 2. The molecule has 0 spiro atoms. The summed E-state index contributed by atoms with van der Waals surface area (Å²) >= 11 is 0. The number of hydrogen-bond acceptors (Lipinski definition) is 1. The average molecular weight is 309 g/mol. The average Bonchev–Trinajstić information content (AvgIpc) is 3.31. The normalized spacial score (nSPS) is 14.4. The maximum atomic E-state index is 2.48. The lowest BCUT2D eigenvalue weighted by Gasteiger charge is -2.44. The number of nitrogens with zero attached hydrogens (tertiary/aromatic N) is 3. The van der Waals surface area contributed by atoms with Crippen LogP contribution in [0, 0.1) is 0 Å². The molecule has 4 heterocycles. The van der Waals surface area contributed by atoms with Crippen molar-refractivity contribution in [2.75, 3.05) is 4.90 Å². The molecule has 0 radical (unpaired) electrons. The zero-order valence-corrected chi connectivity index (χ0v) is 13.0. The van der Waals surface area contributed by atoms with Crippen molar-refractivity contribution in [3.8, 4) is 11.4 Å². The molecule has 2 aromatic carbocycles. The van der Waals surface area contributed by atoms with Crippen LogP contribution in [0.4, 0.5) is 11.4 Å². The molecule has 0 amide bonds. The Kier molecular flexibility index (Phi) is 2.15. The minimum atomic E-state index is 0.194. The Balaban J connectivity index is 1.77. The van der Waals surface area contributed by atoms with E-state index < -0.39 is 0 Å². The Morgan fingerprint density at radius 2 is 0.958 bits per heavy atom. The lowest BCUT2D eigenvalue weighted by molar-refractivity contribution is 0.672. The smallest absolute Gasteiger partial charge is 0.115 e. The molecule has 3 heteroatoms. The second-order valence-electron chi connectivity index (χ2n) is 6.36. The van der Waals surface area contributed by atoms with E-state index in [4.69, 9.17) is 0 Å². The third-order valence-corrected chi connectivity index (χ3v) is 5.18. The highest BCUT2D eigenvalue weighted by Gasteiger charge is 2.38. The van der Waals surface area contributed by atoms with Gasteiger partial charge >= 0.3 is 0 Å². The fourth-order valence-electron chi connectivity index (χ4n) is 4.24. The molecule has 2 aliphatic rings. The predicted octanol–water partition coefficient (Wildman–Crippen LogP) is 4.82. The van der Waals surface area contributed by atoms with Crippen LogP contribution in [-0.2, 0) is 0 Å². The van der Waals surface area contributed by atoms with Gasteiger partial charge in [0, 0.05) is 12.4 Å². The molecule has 0 aliphatic carbocycles. The van der Waals surface area contributed by atoms with Crippen molar-refractivity contribution in [3.63, 3.8) is 0 Å². The number of anilines is 2. The minimum Gasteiger partial charge on any atom is -0.323 e. The first-order valence-corrected chi connectivity index (χ1v) is 8.26. The summed E-state index contributed by atoms with van der Waals surface area (Å²) in [6.07, 6.45) is 4.33. The van der Waals surface area contributed by atoms with Gasteiger partial charge in [0.1, 0.15) is 6.04 Å². The fourth-order valence-corrected chi connectivity index (χ4v) is 4.24. The highest BCUT2D eigenvalue weighted by Crippen LogP contribution is 2.51. The van der Waals surface area contributed by atoms with Crippen LogP contribution >= 0.6 is 0 Å². The van der Waals surface area contributed by atoms with E-state index >= 15 is 0 Å². The Morgan fingerprint density at radius 3 is 1.46 bits per heavy atom. The number of fused-ring (bicyclic) bond motifs is 11. The Labute approximate surface area is 140 Å². The van der Waals surface area contributed by atoms with Crippen molar-refractivity contribution in [2.45, 2.75) is 6.04 Å². The fraction of sp³-hybridized carbons (Fsp3) is 0.0476. The van der Waals surface area contributed by atoms with Crippen LogP contribution in [0.25, 0.3) is 11.4 Å². The van der Waals surface area contributed by atoms with Crippen LogP contribution in [0.15, 0.2) is 85.2 Å². The highest BCUT2D eigenvalue weighted by molar-refractivity contribution is 5.82. The van der Waals surface area contributed by atoms with Crippen LogP contribution in [0.2, 0.25) is 0 Å². The molecule has 0 bridgehead atoms. The third kappa shape index (κ3) is 1.33. The zero-order valence-electron chi connectivity index (χ0n) is 13.0. The van der Waals surface area contributed by atoms with Crippen molar-refractivity contribution in [1.29, 1.82) is 0 Å². The molecule has 0 fully saturated rings. The molecular formula is C21H15N3. The van der Waals surface area contributed by atoms with Gasteiger partial charge in [-0.05, 0) is 48.5 Å². The molecule has 4 aromatic rings. The Bertz CT molecular complexity index is 1000. The van der Waals surface area contributed by atoms with Crippen LogP contribution in [0.5, 0.6) is 0 Å². The first-order chi connectivity index (χ1) is 11.9. The van der Waals surface area contributed by atoms with Gasteiger partial charge in [0.25, 0.3) is 0 Å². The molecule has 6 rings (SSSR count). The molecule has 114 valence electrons. The van der Waals surface area contributed by atoms with Gasteiger partial charge in [-0.2, -0.15) is 0 Å².